The van der Waals surface area contributed by atoms with Gasteiger partial charge >= 0.3 is 10.2 Å². The number of hydrogen-bond acceptors (Lipinski definition) is 5. The number of rotatable bonds is 5. The SMILES string of the molecule is O=C1CN(C2C(O)CC3CC[C@@H](NCCC4CCC4)CC3C2F)S(=O)(=O)N1. The van der Waals surface area contributed by atoms with Crippen molar-refractivity contribution in [1.29, 1.82) is 0 Å². The second-order valence-electron chi connectivity index (χ2n) is 8.79. The maximum Gasteiger partial charge on any atom is 0.304 e. The van der Waals surface area contributed by atoms with Crippen LogP contribution in [0.25, 0.3) is 0 Å². The third-order valence-corrected chi connectivity index (χ3v) is 8.59. The maximum atomic E-state index is 15.4. The van der Waals surface area contributed by atoms with Crippen molar-refractivity contribution in [1.82, 2.24) is 14.3 Å². The highest BCUT2D eigenvalue weighted by atomic mass is 32.2. The molecule has 4 rings (SSSR count). The Morgan fingerprint density at radius 1 is 1.22 bits per heavy atom. The second kappa shape index (κ2) is 7.57. The molecule has 154 valence electrons. The number of carbonyl (C=O) groups excluding carboxylic acids is 1. The van der Waals surface area contributed by atoms with Crippen molar-refractivity contribution in [2.75, 3.05) is 13.1 Å². The summed E-state index contributed by atoms with van der Waals surface area (Å²) in [5, 5.41) is 14.0. The van der Waals surface area contributed by atoms with Gasteiger partial charge in [-0.1, -0.05) is 19.3 Å². The van der Waals surface area contributed by atoms with Crippen molar-refractivity contribution in [3.8, 4) is 0 Å². The van der Waals surface area contributed by atoms with Crippen LogP contribution in [0.4, 0.5) is 4.39 Å². The summed E-state index contributed by atoms with van der Waals surface area (Å²) < 4.78 is 42.4. The standard InChI is InChI=1S/C18H30FN3O4S/c19-17-14-9-13(20-7-6-11-2-1-3-11)5-4-12(14)8-15(23)18(17)22-10-16(24)21-27(22,25)26/h11-15,17-18,20,23H,1-10H2,(H,21,24)/t12?,13-,14?,15?,17?,18?/m1/s1. The highest BCUT2D eigenvalue weighted by Gasteiger charge is 2.53. The van der Waals surface area contributed by atoms with Crippen molar-refractivity contribution in [2.45, 2.75) is 75.7 Å². The summed E-state index contributed by atoms with van der Waals surface area (Å²) in [7, 11) is -4.06. The molecular weight excluding hydrogens is 373 g/mol. The van der Waals surface area contributed by atoms with Gasteiger partial charge in [-0.25, -0.2) is 9.11 Å². The molecule has 3 N–H and O–H groups in total. The van der Waals surface area contributed by atoms with E-state index >= 15 is 4.39 Å². The fourth-order valence-corrected chi connectivity index (χ4v) is 6.74. The highest BCUT2D eigenvalue weighted by Crippen LogP contribution is 2.44. The van der Waals surface area contributed by atoms with E-state index in [0.29, 0.717) is 12.8 Å². The molecule has 4 fully saturated rings. The number of nitrogens with zero attached hydrogens (tertiary/aromatic N) is 1. The second-order valence-corrected chi connectivity index (χ2v) is 10.4. The minimum Gasteiger partial charge on any atom is -0.391 e. The molecule has 0 spiro atoms. The van der Waals surface area contributed by atoms with Crippen LogP contribution in [0.2, 0.25) is 0 Å². The van der Waals surface area contributed by atoms with E-state index in [2.05, 4.69) is 5.32 Å². The Bertz CT molecular complexity index is 672. The Balaban J connectivity index is 1.40. The van der Waals surface area contributed by atoms with E-state index in [9.17, 15) is 18.3 Å². The molecular formula is C18H30FN3O4S. The average Bonchev–Trinajstić information content (AvgIpc) is 2.82. The lowest BCUT2D eigenvalue weighted by Crippen LogP contribution is -2.59. The van der Waals surface area contributed by atoms with Gasteiger partial charge in [0.2, 0.25) is 5.91 Å². The number of nitrogens with one attached hydrogen (secondary N) is 2. The number of amides is 1. The van der Waals surface area contributed by atoms with Gasteiger partial charge < -0.3 is 10.4 Å². The van der Waals surface area contributed by atoms with E-state index in [0.717, 1.165) is 29.6 Å². The molecule has 1 amide bonds. The molecule has 6 atom stereocenters. The molecule has 1 saturated heterocycles. The highest BCUT2D eigenvalue weighted by molar-refractivity contribution is 7.88. The maximum absolute atomic E-state index is 15.4. The number of aliphatic hydroxyl groups excluding tert-OH is 1. The number of carbonyl (C=O) groups is 1. The van der Waals surface area contributed by atoms with Gasteiger partial charge in [0.15, 0.2) is 0 Å². The largest absolute Gasteiger partial charge is 0.391 e. The zero-order valence-electron chi connectivity index (χ0n) is 15.5. The number of fused-ring (bicyclic) bond motifs is 1. The molecule has 0 aromatic carbocycles. The van der Waals surface area contributed by atoms with Crippen LogP contribution in [0.3, 0.4) is 0 Å². The Kier molecular flexibility index (Phi) is 5.48. The van der Waals surface area contributed by atoms with E-state index in [1.807, 2.05) is 4.72 Å². The van der Waals surface area contributed by atoms with Crippen molar-refractivity contribution < 1.29 is 22.7 Å². The van der Waals surface area contributed by atoms with Crippen molar-refractivity contribution in [2.24, 2.45) is 17.8 Å². The lowest BCUT2D eigenvalue weighted by Gasteiger charge is -2.48. The summed E-state index contributed by atoms with van der Waals surface area (Å²) in [6.07, 6.45) is 5.48. The predicted molar refractivity (Wildman–Crippen MR) is 97.7 cm³/mol. The molecule has 9 heteroatoms. The first-order valence-corrected chi connectivity index (χ1v) is 11.7. The Morgan fingerprint density at radius 3 is 2.63 bits per heavy atom. The third kappa shape index (κ3) is 3.88. The van der Waals surface area contributed by atoms with Gasteiger partial charge in [0.05, 0.1) is 18.7 Å². The molecule has 1 aliphatic heterocycles. The van der Waals surface area contributed by atoms with Gasteiger partial charge in [-0.15, -0.1) is 0 Å². The van der Waals surface area contributed by atoms with E-state index in [4.69, 9.17) is 0 Å². The van der Waals surface area contributed by atoms with Crippen molar-refractivity contribution in [3.63, 3.8) is 0 Å². The van der Waals surface area contributed by atoms with Gasteiger partial charge in [0, 0.05) is 6.04 Å². The predicted octanol–water partition coefficient (Wildman–Crippen LogP) is 0.699. The van der Waals surface area contributed by atoms with Crippen molar-refractivity contribution in [3.05, 3.63) is 0 Å². The number of halogens is 1. The topological polar surface area (TPSA) is 98.7 Å². The summed E-state index contributed by atoms with van der Waals surface area (Å²) in [6, 6.07) is -0.931. The van der Waals surface area contributed by atoms with E-state index < -0.39 is 41.0 Å². The summed E-state index contributed by atoms with van der Waals surface area (Å²) in [5.74, 6) is -0.0396. The molecule has 7 nitrogen and oxygen atoms in total. The molecule has 3 saturated carbocycles. The Labute approximate surface area is 160 Å². The van der Waals surface area contributed by atoms with Gasteiger partial charge in [0.25, 0.3) is 0 Å². The lowest BCUT2D eigenvalue weighted by molar-refractivity contribution is -0.119. The minimum atomic E-state index is -4.06. The average molecular weight is 404 g/mol. The number of hydrogen-bond donors (Lipinski definition) is 3. The summed E-state index contributed by atoms with van der Waals surface area (Å²) in [6.45, 7) is 0.541. The molecule has 0 radical (unpaired) electrons. The first-order valence-electron chi connectivity index (χ1n) is 10.2. The molecule has 4 aliphatic rings. The van der Waals surface area contributed by atoms with Gasteiger partial charge in [-0.3, -0.25) is 4.79 Å². The lowest BCUT2D eigenvalue weighted by atomic mass is 9.66. The van der Waals surface area contributed by atoms with Crippen LogP contribution in [0, 0.1) is 17.8 Å². The van der Waals surface area contributed by atoms with Gasteiger partial charge in [-0.05, 0) is 56.4 Å². The molecule has 3 aliphatic carbocycles. The van der Waals surface area contributed by atoms with Crippen LogP contribution < -0.4 is 10.0 Å². The van der Waals surface area contributed by atoms with E-state index in [-0.39, 0.29) is 17.9 Å². The normalized spacial score (nSPS) is 42.4. The van der Waals surface area contributed by atoms with Crippen LogP contribution in [0.15, 0.2) is 0 Å². The fourth-order valence-electron chi connectivity index (χ4n) is 5.40. The quantitative estimate of drug-likeness (QED) is 0.628. The van der Waals surface area contributed by atoms with E-state index in [1.165, 1.54) is 25.7 Å². The number of alkyl halides is 1. The smallest absolute Gasteiger partial charge is 0.304 e. The monoisotopic (exact) mass is 403 g/mol. The molecule has 27 heavy (non-hydrogen) atoms. The third-order valence-electron chi connectivity index (χ3n) is 7.12. The van der Waals surface area contributed by atoms with Crippen LogP contribution >= 0.6 is 0 Å². The Morgan fingerprint density at radius 2 is 2.00 bits per heavy atom. The molecule has 1 heterocycles. The van der Waals surface area contributed by atoms with Crippen LogP contribution in [0.5, 0.6) is 0 Å². The van der Waals surface area contributed by atoms with Crippen LogP contribution in [0.1, 0.15) is 51.4 Å². The molecule has 5 unspecified atom stereocenters. The summed E-state index contributed by atoms with van der Waals surface area (Å²) in [5.41, 5.74) is 0. The van der Waals surface area contributed by atoms with Gasteiger partial charge in [0.1, 0.15) is 6.17 Å². The van der Waals surface area contributed by atoms with Crippen molar-refractivity contribution >= 4 is 16.1 Å². The van der Waals surface area contributed by atoms with Crippen LogP contribution in [-0.4, -0.2) is 61.2 Å². The zero-order chi connectivity index (χ0) is 19.2. The summed E-state index contributed by atoms with van der Waals surface area (Å²) in [4.78, 5) is 11.5. The molecule has 0 aromatic heterocycles. The Hall–Kier alpha value is -0.770. The fraction of sp³-hybridized carbons (Fsp3) is 0.944. The number of aliphatic hydroxyl groups is 1. The molecule has 0 bridgehead atoms. The summed E-state index contributed by atoms with van der Waals surface area (Å²) >= 11 is 0. The van der Waals surface area contributed by atoms with Gasteiger partial charge in [-0.2, -0.15) is 12.7 Å². The minimum absolute atomic E-state index is 0.0740. The molecule has 0 aromatic rings. The first kappa shape index (κ1) is 19.5. The van der Waals surface area contributed by atoms with Crippen LogP contribution in [-0.2, 0) is 15.0 Å². The zero-order valence-corrected chi connectivity index (χ0v) is 16.3. The first-order chi connectivity index (χ1) is 12.8. The van der Waals surface area contributed by atoms with E-state index in [1.54, 1.807) is 0 Å².